The van der Waals surface area contributed by atoms with E-state index in [-0.39, 0.29) is 5.91 Å². The smallest absolute Gasteiger partial charge is 0.251 e. The van der Waals surface area contributed by atoms with Crippen molar-refractivity contribution in [1.29, 1.82) is 0 Å². The van der Waals surface area contributed by atoms with Crippen LogP contribution in [0.5, 0.6) is 0 Å². The van der Waals surface area contributed by atoms with Crippen molar-refractivity contribution in [2.45, 2.75) is 19.8 Å². The Balaban J connectivity index is 2.87. The Labute approximate surface area is 99.2 Å². The summed E-state index contributed by atoms with van der Waals surface area (Å²) < 4.78 is 0. The van der Waals surface area contributed by atoms with Crippen LogP contribution in [0.4, 0.5) is 0 Å². The molecule has 0 aliphatic rings. The average Bonchev–Trinajstić information content (AvgIpc) is 2.28. The highest BCUT2D eigenvalue weighted by atomic mass is 79.9. The number of halogens is 1. The first-order valence-corrected chi connectivity index (χ1v) is 6.25. The van der Waals surface area contributed by atoms with E-state index in [1.807, 2.05) is 25.1 Å². The van der Waals surface area contributed by atoms with Crippen LogP contribution in [0.3, 0.4) is 0 Å². The molecule has 0 heterocycles. The Hall–Kier alpha value is -0.830. The summed E-state index contributed by atoms with van der Waals surface area (Å²) in [7, 11) is 0. The molecule has 0 aliphatic heterocycles. The van der Waals surface area contributed by atoms with Crippen molar-refractivity contribution >= 4 is 21.8 Å². The second kappa shape index (κ2) is 5.91. The van der Waals surface area contributed by atoms with Gasteiger partial charge in [-0.2, -0.15) is 0 Å². The molecule has 15 heavy (non-hydrogen) atoms. The Morgan fingerprint density at radius 2 is 2.27 bits per heavy atom. The zero-order chi connectivity index (χ0) is 11.3. The molecule has 1 amide bonds. The van der Waals surface area contributed by atoms with Crippen LogP contribution in [-0.4, -0.2) is 17.8 Å². The fraction of sp³-hybridized carbons (Fsp3) is 0.417. The molecule has 0 saturated carbocycles. The molecule has 0 fully saturated rings. The van der Waals surface area contributed by atoms with Crippen molar-refractivity contribution in [2.75, 3.05) is 11.9 Å². The maximum atomic E-state index is 11.6. The van der Waals surface area contributed by atoms with E-state index in [4.69, 9.17) is 0 Å². The third-order valence-corrected chi connectivity index (χ3v) is 3.26. The van der Waals surface area contributed by atoms with Gasteiger partial charge in [0.1, 0.15) is 0 Å². The lowest BCUT2D eigenvalue weighted by atomic mass is 10.0. The van der Waals surface area contributed by atoms with E-state index in [2.05, 4.69) is 34.2 Å². The van der Waals surface area contributed by atoms with Gasteiger partial charge in [0.15, 0.2) is 0 Å². The lowest BCUT2D eigenvalue weighted by Gasteiger charge is -2.09. The van der Waals surface area contributed by atoms with Crippen LogP contribution in [0.15, 0.2) is 24.3 Å². The maximum Gasteiger partial charge on any atom is 0.251 e. The first-order chi connectivity index (χ1) is 7.19. The van der Waals surface area contributed by atoms with E-state index in [1.165, 1.54) is 5.56 Å². The minimum absolute atomic E-state index is 0.00104. The molecule has 1 aromatic rings. The summed E-state index contributed by atoms with van der Waals surface area (Å²) in [6.45, 7) is 4.71. The van der Waals surface area contributed by atoms with Gasteiger partial charge in [-0.3, -0.25) is 4.79 Å². The molecular formula is C12H16BrNO. The molecule has 0 bridgehead atoms. The highest BCUT2D eigenvalue weighted by Crippen LogP contribution is 2.18. The number of alkyl halides is 1. The number of hydrogen-bond acceptors (Lipinski definition) is 1. The molecule has 2 nitrogen and oxygen atoms in total. The highest BCUT2D eigenvalue weighted by molar-refractivity contribution is 9.09. The number of rotatable bonds is 4. The summed E-state index contributed by atoms with van der Waals surface area (Å²) in [4.78, 5) is 11.6. The minimum atomic E-state index is 0.00104. The average molecular weight is 270 g/mol. The van der Waals surface area contributed by atoms with Gasteiger partial charge in [0.05, 0.1) is 0 Å². The van der Waals surface area contributed by atoms with Crippen LogP contribution >= 0.6 is 15.9 Å². The predicted octanol–water partition coefficient (Wildman–Crippen LogP) is 2.93. The van der Waals surface area contributed by atoms with Gasteiger partial charge in [-0.25, -0.2) is 0 Å². The monoisotopic (exact) mass is 269 g/mol. The molecule has 0 spiro atoms. The quantitative estimate of drug-likeness (QED) is 0.837. The lowest BCUT2D eigenvalue weighted by molar-refractivity contribution is 0.0955. The molecule has 0 saturated heterocycles. The van der Waals surface area contributed by atoms with Crippen molar-refractivity contribution < 1.29 is 4.79 Å². The molecule has 1 aromatic carbocycles. The van der Waals surface area contributed by atoms with E-state index < -0.39 is 0 Å². The van der Waals surface area contributed by atoms with Gasteiger partial charge in [-0.05, 0) is 30.5 Å². The van der Waals surface area contributed by atoms with E-state index in [1.54, 1.807) is 0 Å². The lowest BCUT2D eigenvalue weighted by Crippen LogP contribution is -2.22. The second-order valence-corrected chi connectivity index (χ2v) is 4.19. The number of carbonyl (C=O) groups is 1. The van der Waals surface area contributed by atoms with Gasteiger partial charge < -0.3 is 5.32 Å². The molecule has 82 valence electrons. The van der Waals surface area contributed by atoms with E-state index >= 15 is 0 Å². The van der Waals surface area contributed by atoms with Crippen molar-refractivity contribution in [3.05, 3.63) is 35.4 Å². The van der Waals surface area contributed by atoms with Crippen LogP contribution in [-0.2, 0) is 0 Å². The van der Waals surface area contributed by atoms with Crippen molar-refractivity contribution in [2.24, 2.45) is 0 Å². The Kier molecular flexibility index (Phi) is 4.82. The van der Waals surface area contributed by atoms with Crippen LogP contribution in [0, 0.1) is 0 Å². The van der Waals surface area contributed by atoms with E-state index in [0.717, 1.165) is 10.9 Å². The second-order valence-electron chi connectivity index (χ2n) is 3.54. The van der Waals surface area contributed by atoms with E-state index in [9.17, 15) is 4.79 Å². The highest BCUT2D eigenvalue weighted by Gasteiger charge is 2.08. The third kappa shape index (κ3) is 3.34. The van der Waals surface area contributed by atoms with Gasteiger partial charge in [-0.1, -0.05) is 35.0 Å². The zero-order valence-corrected chi connectivity index (χ0v) is 10.7. The van der Waals surface area contributed by atoms with Gasteiger partial charge in [0.25, 0.3) is 5.91 Å². The fourth-order valence-electron chi connectivity index (χ4n) is 1.34. The van der Waals surface area contributed by atoms with Crippen LogP contribution < -0.4 is 5.32 Å². The van der Waals surface area contributed by atoms with Gasteiger partial charge in [0.2, 0.25) is 0 Å². The van der Waals surface area contributed by atoms with Crippen molar-refractivity contribution in [1.82, 2.24) is 5.32 Å². The SMILES string of the molecule is CCNC(=O)c1cccc(C(C)CBr)c1. The third-order valence-electron chi connectivity index (χ3n) is 2.29. The number of hydrogen-bond donors (Lipinski definition) is 1. The van der Waals surface area contributed by atoms with Gasteiger partial charge in [0, 0.05) is 17.4 Å². The number of amides is 1. The number of benzene rings is 1. The largest absolute Gasteiger partial charge is 0.352 e. The first kappa shape index (κ1) is 12.2. The van der Waals surface area contributed by atoms with Crippen molar-refractivity contribution in [3.63, 3.8) is 0 Å². The summed E-state index contributed by atoms with van der Waals surface area (Å²) in [6, 6.07) is 7.78. The maximum absolute atomic E-state index is 11.6. The molecular weight excluding hydrogens is 254 g/mol. The summed E-state index contributed by atoms with van der Waals surface area (Å²) in [5, 5.41) is 3.70. The summed E-state index contributed by atoms with van der Waals surface area (Å²) in [6.07, 6.45) is 0. The molecule has 0 aliphatic carbocycles. The van der Waals surface area contributed by atoms with Crippen LogP contribution in [0.1, 0.15) is 35.7 Å². The topological polar surface area (TPSA) is 29.1 Å². The van der Waals surface area contributed by atoms with Crippen LogP contribution in [0.2, 0.25) is 0 Å². The number of nitrogens with one attached hydrogen (secondary N) is 1. The van der Waals surface area contributed by atoms with Crippen LogP contribution in [0.25, 0.3) is 0 Å². The molecule has 1 unspecified atom stereocenters. The molecule has 1 N–H and O–H groups in total. The molecule has 0 radical (unpaired) electrons. The number of carbonyl (C=O) groups excluding carboxylic acids is 1. The predicted molar refractivity (Wildman–Crippen MR) is 66.7 cm³/mol. The first-order valence-electron chi connectivity index (χ1n) is 5.13. The summed E-state index contributed by atoms with van der Waals surface area (Å²) in [5.41, 5.74) is 1.93. The standard InChI is InChI=1S/C12H16BrNO/c1-3-14-12(15)11-6-4-5-10(7-11)9(2)8-13/h4-7,9H,3,8H2,1-2H3,(H,14,15). The fourth-order valence-corrected chi connectivity index (χ4v) is 1.71. The Bertz CT molecular complexity index is 338. The van der Waals surface area contributed by atoms with Crippen molar-refractivity contribution in [3.8, 4) is 0 Å². The zero-order valence-electron chi connectivity index (χ0n) is 9.09. The normalized spacial score (nSPS) is 12.2. The molecule has 3 heteroatoms. The Morgan fingerprint density at radius 1 is 1.53 bits per heavy atom. The molecule has 1 rings (SSSR count). The Morgan fingerprint density at radius 3 is 2.87 bits per heavy atom. The summed E-state index contributed by atoms with van der Waals surface area (Å²) >= 11 is 3.44. The summed E-state index contributed by atoms with van der Waals surface area (Å²) in [5.74, 6) is 0.431. The van der Waals surface area contributed by atoms with Gasteiger partial charge in [-0.15, -0.1) is 0 Å². The van der Waals surface area contributed by atoms with Gasteiger partial charge >= 0.3 is 0 Å². The van der Waals surface area contributed by atoms with E-state index in [0.29, 0.717) is 12.5 Å². The molecule has 1 atom stereocenters. The minimum Gasteiger partial charge on any atom is -0.352 e. The molecule has 0 aromatic heterocycles.